The van der Waals surface area contributed by atoms with Crippen molar-refractivity contribution in [3.05, 3.63) is 0 Å². The Hall–Kier alpha value is -0.280. The highest BCUT2D eigenvalue weighted by atomic mass is 17.8. The molecule has 1 aliphatic rings. The first-order valence-electron chi connectivity index (χ1n) is 5.77. The quantitative estimate of drug-likeness (QED) is 0.708. The summed E-state index contributed by atoms with van der Waals surface area (Å²) in [5, 5.41) is 30.9. The van der Waals surface area contributed by atoms with Gasteiger partial charge in [0.15, 0.2) is 0 Å². The number of hydrogen-bond acceptors (Lipinski definition) is 7. The third kappa shape index (κ3) is 6.27. The van der Waals surface area contributed by atoms with Crippen LogP contribution in [0, 0.1) is 11.8 Å². The van der Waals surface area contributed by atoms with Crippen LogP contribution >= 0.6 is 0 Å². The van der Waals surface area contributed by atoms with Crippen LogP contribution in [-0.4, -0.2) is 36.1 Å². The van der Waals surface area contributed by atoms with Crippen molar-refractivity contribution in [3.63, 3.8) is 0 Å². The lowest BCUT2D eigenvalue weighted by Gasteiger charge is -2.24. The van der Waals surface area contributed by atoms with Gasteiger partial charge in [0.25, 0.3) is 0 Å². The molecule has 0 aliphatic carbocycles. The molecule has 7 heteroatoms. The average Bonchev–Trinajstić information content (AvgIpc) is 2.37. The van der Waals surface area contributed by atoms with Crippen LogP contribution in [0.25, 0.3) is 0 Å². The first kappa shape index (κ1) is 14.8. The SMILES string of the molecule is CC1COOOOOCCCC1CC(O)CO. The topological polar surface area (TPSA) is 86.6 Å². The molecule has 0 saturated carbocycles. The van der Waals surface area contributed by atoms with Gasteiger partial charge in [-0.25, -0.2) is 9.78 Å². The summed E-state index contributed by atoms with van der Waals surface area (Å²) in [5.41, 5.74) is 0. The van der Waals surface area contributed by atoms with Crippen molar-refractivity contribution in [1.29, 1.82) is 0 Å². The molecular weight excluding hydrogens is 232 g/mol. The van der Waals surface area contributed by atoms with Crippen LogP contribution in [0.15, 0.2) is 0 Å². The van der Waals surface area contributed by atoms with Gasteiger partial charge >= 0.3 is 0 Å². The Morgan fingerprint density at radius 3 is 2.76 bits per heavy atom. The predicted octanol–water partition coefficient (Wildman–Crippen LogP) is 0.519. The van der Waals surface area contributed by atoms with E-state index < -0.39 is 6.10 Å². The van der Waals surface area contributed by atoms with E-state index in [2.05, 4.69) is 20.0 Å². The monoisotopic (exact) mass is 252 g/mol. The van der Waals surface area contributed by atoms with Crippen LogP contribution in [0.5, 0.6) is 0 Å². The summed E-state index contributed by atoms with van der Waals surface area (Å²) in [6, 6.07) is 0. The number of hydrogen-bond donors (Lipinski definition) is 2. The molecule has 1 aliphatic heterocycles. The zero-order chi connectivity index (χ0) is 12.5. The third-order valence-corrected chi connectivity index (χ3v) is 2.88. The smallest absolute Gasteiger partial charge is 0.0883 e. The average molecular weight is 252 g/mol. The van der Waals surface area contributed by atoms with E-state index in [-0.39, 0.29) is 18.4 Å². The maximum atomic E-state index is 9.47. The van der Waals surface area contributed by atoms with Crippen LogP contribution in [0.4, 0.5) is 0 Å². The molecular formula is C10H20O7. The summed E-state index contributed by atoms with van der Waals surface area (Å²) >= 11 is 0. The molecule has 17 heavy (non-hydrogen) atoms. The summed E-state index contributed by atoms with van der Waals surface area (Å²) in [7, 11) is 0. The van der Waals surface area contributed by atoms with Gasteiger partial charge in [-0.2, -0.15) is 0 Å². The molecule has 1 heterocycles. The molecule has 0 aromatic carbocycles. The van der Waals surface area contributed by atoms with Gasteiger partial charge in [-0.15, -0.1) is 0 Å². The summed E-state index contributed by atoms with van der Waals surface area (Å²) in [6.07, 6.45) is 1.41. The fourth-order valence-corrected chi connectivity index (χ4v) is 1.82. The van der Waals surface area contributed by atoms with Gasteiger partial charge in [0.1, 0.15) is 0 Å². The van der Waals surface area contributed by atoms with Crippen molar-refractivity contribution < 1.29 is 35.1 Å². The van der Waals surface area contributed by atoms with Gasteiger partial charge in [-0.3, -0.25) is 0 Å². The van der Waals surface area contributed by atoms with E-state index >= 15 is 0 Å². The van der Waals surface area contributed by atoms with Crippen molar-refractivity contribution >= 4 is 0 Å². The Balaban J connectivity index is 2.42. The van der Waals surface area contributed by atoms with Crippen LogP contribution in [-0.2, 0) is 24.9 Å². The maximum absolute atomic E-state index is 9.47. The lowest BCUT2D eigenvalue weighted by atomic mass is 9.86. The first-order chi connectivity index (χ1) is 8.24. The lowest BCUT2D eigenvalue weighted by molar-refractivity contribution is -0.708. The minimum atomic E-state index is -0.707. The molecule has 0 radical (unpaired) electrons. The molecule has 3 unspecified atom stereocenters. The minimum Gasteiger partial charge on any atom is -0.394 e. The molecule has 0 amide bonds. The van der Waals surface area contributed by atoms with Gasteiger partial charge < -0.3 is 10.2 Å². The van der Waals surface area contributed by atoms with E-state index in [1.54, 1.807) is 0 Å². The van der Waals surface area contributed by atoms with Crippen molar-refractivity contribution in [3.8, 4) is 0 Å². The molecule has 2 N–H and O–H groups in total. The Morgan fingerprint density at radius 1 is 1.24 bits per heavy atom. The molecule has 1 rings (SSSR count). The number of rotatable bonds is 3. The van der Waals surface area contributed by atoms with Gasteiger partial charge in [-0.1, -0.05) is 6.92 Å². The van der Waals surface area contributed by atoms with Gasteiger partial charge in [0.05, 0.1) is 25.9 Å². The fraction of sp³-hybridized carbons (Fsp3) is 1.00. The molecule has 0 spiro atoms. The summed E-state index contributed by atoms with van der Waals surface area (Å²) < 4.78 is 0. The summed E-state index contributed by atoms with van der Waals surface area (Å²) in [5.74, 6) is 0.375. The van der Waals surface area contributed by atoms with Crippen molar-refractivity contribution in [1.82, 2.24) is 0 Å². The molecule has 1 fully saturated rings. The zero-order valence-corrected chi connectivity index (χ0v) is 9.91. The van der Waals surface area contributed by atoms with Crippen molar-refractivity contribution in [2.75, 3.05) is 19.8 Å². The molecule has 102 valence electrons. The van der Waals surface area contributed by atoms with Gasteiger partial charge in [0.2, 0.25) is 0 Å². The van der Waals surface area contributed by atoms with Gasteiger partial charge in [0, 0.05) is 0 Å². The highest BCUT2D eigenvalue weighted by Gasteiger charge is 2.21. The molecule has 0 aromatic rings. The predicted molar refractivity (Wildman–Crippen MR) is 54.8 cm³/mol. The Labute approximate surface area is 99.9 Å². The second-order valence-corrected chi connectivity index (χ2v) is 4.26. The van der Waals surface area contributed by atoms with Crippen LogP contribution < -0.4 is 0 Å². The zero-order valence-electron chi connectivity index (χ0n) is 9.91. The van der Waals surface area contributed by atoms with Crippen molar-refractivity contribution in [2.24, 2.45) is 11.8 Å². The number of aliphatic hydroxyl groups excluding tert-OH is 2. The van der Waals surface area contributed by atoms with E-state index in [9.17, 15) is 5.11 Å². The van der Waals surface area contributed by atoms with Crippen LogP contribution in [0.2, 0.25) is 0 Å². The Kier molecular flexibility index (Phi) is 7.62. The lowest BCUT2D eigenvalue weighted by Crippen LogP contribution is -2.24. The third-order valence-electron chi connectivity index (χ3n) is 2.88. The molecule has 0 bridgehead atoms. The van der Waals surface area contributed by atoms with Gasteiger partial charge in [-0.05, 0) is 46.2 Å². The van der Waals surface area contributed by atoms with E-state index in [1.165, 1.54) is 0 Å². The van der Waals surface area contributed by atoms with E-state index in [1.807, 2.05) is 6.92 Å². The summed E-state index contributed by atoms with van der Waals surface area (Å²) in [4.78, 5) is 9.39. The van der Waals surface area contributed by atoms with Crippen LogP contribution in [0.3, 0.4) is 0 Å². The fourth-order valence-electron chi connectivity index (χ4n) is 1.82. The maximum Gasteiger partial charge on any atom is 0.0883 e. The van der Waals surface area contributed by atoms with Crippen molar-refractivity contribution in [2.45, 2.75) is 32.3 Å². The summed E-state index contributed by atoms with van der Waals surface area (Å²) in [6.45, 7) is 2.43. The van der Waals surface area contributed by atoms with E-state index in [4.69, 9.17) is 9.99 Å². The standard InChI is InChI=1S/C10H20O7/c1-8-7-14-16-17-15-13-4-2-3-9(8)5-10(12)6-11/h8-12H,2-7H2,1H3. The molecule has 7 nitrogen and oxygen atoms in total. The normalized spacial score (nSPS) is 30.5. The second-order valence-electron chi connectivity index (χ2n) is 4.26. The Bertz CT molecular complexity index is 189. The molecule has 3 atom stereocenters. The largest absolute Gasteiger partial charge is 0.394 e. The highest BCUT2D eigenvalue weighted by molar-refractivity contribution is 4.70. The first-order valence-corrected chi connectivity index (χ1v) is 5.77. The van der Waals surface area contributed by atoms with E-state index in [0.29, 0.717) is 19.6 Å². The number of aliphatic hydroxyl groups is 2. The van der Waals surface area contributed by atoms with Crippen LogP contribution in [0.1, 0.15) is 26.2 Å². The highest BCUT2D eigenvalue weighted by Crippen LogP contribution is 2.24. The molecule has 1 saturated heterocycles. The minimum absolute atomic E-state index is 0.165. The molecule has 0 aromatic heterocycles. The van der Waals surface area contributed by atoms with E-state index in [0.717, 1.165) is 12.8 Å². The second kappa shape index (κ2) is 8.76. The Morgan fingerprint density at radius 2 is 2.00 bits per heavy atom.